The van der Waals surface area contributed by atoms with E-state index in [1.54, 1.807) is 0 Å². The van der Waals surface area contributed by atoms with Gasteiger partial charge in [0.1, 0.15) is 11.4 Å². The van der Waals surface area contributed by atoms with E-state index in [-0.39, 0.29) is 11.8 Å². The average Bonchev–Trinajstić information content (AvgIpc) is 3.06. The van der Waals surface area contributed by atoms with E-state index in [1.165, 1.54) is 4.90 Å². The van der Waals surface area contributed by atoms with Gasteiger partial charge in [0.15, 0.2) is 0 Å². The molecule has 0 bridgehead atoms. The first-order chi connectivity index (χ1) is 15.7. The molecule has 32 heavy (non-hydrogen) atoms. The normalized spacial score (nSPS) is 13.6. The molecule has 1 aliphatic rings. The first kappa shape index (κ1) is 21.4. The van der Waals surface area contributed by atoms with Gasteiger partial charge in [-0.25, -0.2) is 0 Å². The summed E-state index contributed by atoms with van der Waals surface area (Å²) in [6.45, 7) is 2.99. The number of carbonyl (C=O) groups is 2. The van der Waals surface area contributed by atoms with Crippen LogP contribution in [0.3, 0.4) is 0 Å². The fourth-order valence-corrected chi connectivity index (χ4v) is 3.68. The number of nitrogens with one attached hydrogen (secondary N) is 1. The SMILES string of the molecule is CCCOc1cccc(NC2=C(c3ccccc3)C(=O)N(CCc3ccccc3)C2=O)c1. The second-order valence-corrected chi connectivity index (χ2v) is 7.61. The molecule has 0 unspecified atom stereocenters. The lowest BCUT2D eigenvalue weighted by Crippen LogP contribution is -2.34. The monoisotopic (exact) mass is 426 g/mol. The second kappa shape index (κ2) is 9.96. The second-order valence-electron chi connectivity index (χ2n) is 7.61. The van der Waals surface area contributed by atoms with E-state index >= 15 is 0 Å². The molecule has 0 aliphatic carbocycles. The summed E-state index contributed by atoms with van der Waals surface area (Å²) in [7, 11) is 0. The van der Waals surface area contributed by atoms with Crippen molar-refractivity contribution in [3.63, 3.8) is 0 Å². The topological polar surface area (TPSA) is 58.6 Å². The fraction of sp³-hybridized carbons (Fsp3) is 0.185. The molecule has 3 aromatic carbocycles. The van der Waals surface area contributed by atoms with Gasteiger partial charge in [-0.1, -0.05) is 73.7 Å². The summed E-state index contributed by atoms with van der Waals surface area (Å²) >= 11 is 0. The zero-order valence-electron chi connectivity index (χ0n) is 18.1. The van der Waals surface area contributed by atoms with Crippen molar-refractivity contribution in [3.05, 3.63) is 102 Å². The van der Waals surface area contributed by atoms with Crippen LogP contribution in [0.2, 0.25) is 0 Å². The molecule has 1 aliphatic heterocycles. The molecule has 5 heteroatoms. The third-order valence-corrected chi connectivity index (χ3v) is 5.27. The Balaban J connectivity index is 1.62. The van der Waals surface area contributed by atoms with Gasteiger partial charge in [0.25, 0.3) is 11.8 Å². The molecular formula is C27H26N2O3. The van der Waals surface area contributed by atoms with E-state index in [2.05, 4.69) is 5.32 Å². The Kier molecular flexibility index (Phi) is 6.66. The van der Waals surface area contributed by atoms with Gasteiger partial charge in [0.05, 0.1) is 12.2 Å². The number of anilines is 1. The van der Waals surface area contributed by atoms with Gasteiger partial charge in [0.2, 0.25) is 0 Å². The van der Waals surface area contributed by atoms with Gasteiger partial charge in [-0.15, -0.1) is 0 Å². The van der Waals surface area contributed by atoms with Crippen LogP contribution in [-0.4, -0.2) is 29.9 Å². The van der Waals surface area contributed by atoms with E-state index in [1.807, 2.05) is 91.9 Å². The maximum atomic E-state index is 13.3. The predicted octanol–water partition coefficient (Wildman–Crippen LogP) is 4.91. The van der Waals surface area contributed by atoms with E-state index in [9.17, 15) is 9.59 Å². The van der Waals surface area contributed by atoms with E-state index in [0.717, 1.165) is 17.7 Å². The van der Waals surface area contributed by atoms with Crippen LogP contribution in [0.15, 0.2) is 90.6 Å². The molecule has 5 nitrogen and oxygen atoms in total. The fourth-order valence-electron chi connectivity index (χ4n) is 3.68. The summed E-state index contributed by atoms with van der Waals surface area (Å²) in [5.74, 6) is 0.124. The first-order valence-electron chi connectivity index (χ1n) is 10.9. The van der Waals surface area contributed by atoms with Crippen LogP contribution in [0.4, 0.5) is 5.69 Å². The minimum absolute atomic E-state index is 0.280. The Morgan fingerprint density at radius 2 is 1.56 bits per heavy atom. The standard InChI is InChI=1S/C27H26N2O3/c1-2-18-32-23-15-9-14-22(19-23)28-25-24(21-12-7-4-8-13-21)26(30)29(27(25)31)17-16-20-10-5-3-6-11-20/h3-15,19,28H,2,16-18H2,1H3. The van der Waals surface area contributed by atoms with Gasteiger partial charge < -0.3 is 10.1 Å². The van der Waals surface area contributed by atoms with Gasteiger partial charge in [0, 0.05) is 18.3 Å². The molecule has 1 heterocycles. The zero-order chi connectivity index (χ0) is 22.3. The highest BCUT2D eigenvalue weighted by molar-refractivity contribution is 6.36. The number of imide groups is 1. The Morgan fingerprint density at radius 3 is 2.28 bits per heavy atom. The Hall–Kier alpha value is -3.86. The maximum absolute atomic E-state index is 13.3. The third-order valence-electron chi connectivity index (χ3n) is 5.27. The number of benzene rings is 3. The van der Waals surface area contributed by atoms with Crippen LogP contribution in [0.5, 0.6) is 5.75 Å². The van der Waals surface area contributed by atoms with Crippen LogP contribution in [0.1, 0.15) is 24.5 Å². The Bertz CT molecular complexity index is 1120. The molecule has 4 rings (SSSR count). The van der Waals surface area contributed by atoms with Gasteiger partial charge in [-0.05, 0) is 36.1 Å². The zero-order valence-corrected chi connectivity index (χ0v) is 18.1. The van der Waals surface area contributed by atoms with Crippen LogP contribution >= 0.6 is 0 Å². The van der Waals surface area contributed by atoms with Crippen molar-refractivity contribution >= 4 is 23.1 Å². The largest absolute Gasteiger partial charge is 0.494 e. The smallest absolute Gasteiger partial charge is 0.278 e. The van der Waals surface area contributed by atoms with Crippen LogP contribution < -0.4 is 10.1 Å². The molecule has 0 fully saturated rings. The highest BCUT2D eigenvalue weighted by Crippen LogP contribution is 2.31. The number of amides is 2. The van der Waals surface area contributed by atoms with Crippen molar-refractivity contribution < 1.29 is 14.3 Å². The van der Waals surface area contributed by atoms with Gasteiger partial charge in [-0.3, -0.25) is 14.5 Å². The van der Waals surface area contributed by atoms with Gasteiger partial charge in [-0.2, -0.15) is 0 Å². The predicted molar refractivity (Wildman–Crippen MR) is 126 cm³/mol. The summed E-state index contributed by atoms with van der Waals surface area (Å²) < 4.78 is 5.71. The van der Waals surface area contributed by atoms with Crippen LogP contribution in [0, 0.1) is 0 Å². The summed E-state index contributed by atoms with van der Waals surface area (Å²) in [6.07, 6.45) is 1.51. The summed E-state index contributed by atoms with van der Waals surface area (Å²) in [5, 5.41) is 3.20. The number of ether oxygens (including phenoxy) is 1. The summed E-state index contributed by atoms with van der Waals surface area (Å²) in [5.41, 5.74) is 3.18. The number of nitrogens with zero attached hydrogens (tertiary/aromatic N) is 1. The van der Waals surface area contributed by atoms with Crippen LogP contribution in [-0.2, 0) is 16.0 Å². The highest BCUT2D eigenvalue weighted by atomic mass is 16.5. The minimum Gasteiger partial charge on any atom is -0.494 e. The maximum Gasteiger partial charge on any atom is 0.278 e. The Morgan fingerprint density at radius 1 is 0.844 bits per heavy atom. The highest BCUT2D eigenvalue weighted by Gasteiger charge is 2.38. The summed E-state index contributed by atoms with van der Waals surface area (Å²) in [6, 6.07) is 26.6. The molecule has 0 saturated heterocycles. The quantitative estimate of drug-likeness (QED) is 0.494. The molecule has 0 saturated carbocycles. The molecule has 2 amide bonds. The lowest BCUT2D eigenvalue weighted by Gasteiger charge is -2.15. The van der Waals surface area contributed by atoms with E-state index < -0.39 is 0 Å². The molecule has 0 aromatic heterocycles. The lowest BCUT2D eigenvalue weighted by atomic mass is 10.0. The molecule has 1 N–H and O–H groups in total. The Labute approximate surface area is 188 Å². The number of hydrogen-bond donors (Lipinski definition) is 1. The van der Waals surface area contributed by atoms with Crippen molar-refractivity contribution in [2.45, 2.75) is 19.8 Å². The van der Waals surface area contributed by atoms with Crippen molar-refractivity contribution in [1.29, 1.82) is 0 Å². The first-order valence-corrected chi connectivity index (χ1v) is 10.9. The van der Waals surface area contributed by atoms with Crippen molar-refractivity contribution in [3.8, 4) is 5.75 Å². The van der Waals surface area contributed by atoms with Crippen molar-refractivity contribution in [1.82, 2.24) is 4.90 Å². The molecule has 0 atom stereocenters. The van der Waals surface area contributed by atoms with E-state index in [4.69, 9.17) is 4.74 Å². The number of rotatable bonds is 9. The van der Waals surface area contributed by atoms with Crippen molar-refractivity contribution in [2.75, 3.05) is 18.5 Å². The summed E-state index contributed by atoms with van der Waals surface area (Å²) in [4.78, 5) is 28.0. The molecule has 162 valence electrons. The molecule has 3 aromatic rings. The average molecular weight is 427 g/mol. The minimum atomic E-state index is -0.315. The molecule has 0 radical (unpaired) electrons. The number of carbonyl (C=O) groups excluding carboxylic acids is 2. The number of hydrogen-bond acceptors (Lipinski definition) is 4. The molecule has 0 spiro atoms. The molecular weight excluding hydrogens is 400 g/mol. The van der Waals surface area contributed by atoms with Crippen molar-refractivity contribution in [2.24, 2.45) is 0 Å². The third kappa shape index (κ3) is 4.72. The van der Waals surface area contributed by atoms with E-state index in [0.29, 0.717) is 42.1 Å². The van der Waals surface area contributed by atoms with Crippen LogP contribution in [0.25, 0.3) is 5.57 Å². The lowest BCUT2D eigenvalue weighted by molar-refractivity contribution is -0.136. The van der Waals surface area contributed by atoms with Gasteiger partial charge >= 0.3 is 0 Å².